The lowest BCUT2D eigenvalue weighted by Gasteiger charge is -1.90. The number of carboxylic acids is 1. The van der Waals surface area contributed by atoms with Crippen LogP contribution in [0.4, 0.5) is 0 Å². The summed E-state index contributed by atoms with van der Waals surface area (Å²) in [5.41, 5.74) is 0. The fourth-order valence-corrected chi connectivity index (χ4v) is 1.00. The maximum Gasteiger partial charge on any atom is 0.303 e. The Bertz CT molecular complexity index is 195. The summed E-state index contributed by atoms with van der Waals surface area (Å²) in [7, 11) is 0. The molecule has 13 heavy (non-hydrogen) atoms. The number of hydrogen-bond donors (Lipinski definition) is 1. The first-order chi connectivity index (χ1) is 6.13. The van der Waals surface area contributed by atoms with Crippen LogP contribution in [0, 0.1) is 0 Å². The molecule has 1 N–H and O–H groups in total. The van der Waals surface area contributed by atoms with E-state index < -0.39 is 5.97 Å². The number of halogens is 1. The standard InChI is InChI=1S/C10H15IO2/c1-9(11)7-5-3-2-4-6-8-10(12)13/h2-3,5,7,9H,4,6,8H2,1H3,(H,12,13)/b3-2+,7-5+. The molecular weight excluding hydrogens is 279 g/mol. The fourth-order valence-electron chi connectivity index (χ4n) is 0.763. The van der Waals surface area contributed by atoms with Gasteiger partial charge in [0, 0.05) is 10.3 Å². The van der Waals surface area contributed by atoms with E-state index >= 15 is 0 Å². The van der Waals surface area contributed by atoms with Crippen molar-refractivity contribution in [2.45, 2.75) is 30.1 Å². The Morgan fingerprint density at radius 1 is 1.54 bits per heavy atom. The molecular formula is C10H15IO2. The zero-order chi connectivity index (χ0) is 10.1. The van der Waals surface area contributed by atoms with E-state index in [-0.39, 0.29) is 6.42 Å². The van der Waals surface area contributed by atoms with Crippen LogP contribution in [0.2, 0.25) is 0 Å². The summed E-state index contributed by atoms with van der Waals surface area (Å²) in [6, 6.07) is 0. The van der Waals surface area contributed by atoms with E-state index in [0.29, 0.717) is 3.92 Å². The molecule has 3 heteroatoms. The zero-order valence-corrected chi connectivity index (χ0v) is 9.90. The van der Waals surface area contributed by atoms with Crippen molar-refractivity contribution in [3.8, 4) is 0 Å². The van der Waals surface area contributed by atoms with Gasteiger partial charge in [-0.05, 0) is 19.8 Å². The minimum atomic E-state index is -0.718. The molecule has 0 fully saturated rings. The lowest BCUT2D eigenvalue weighted by atomic mass is 10.2. The van der Waals surface area contributed by atoms with Crippen molar-refractivity contribution in [2.24, 2.45) is 0 Å². The molecule has 1 atom stereocenters. The molecule has 0 aromatic rings. The lowest BCUT2D eigenvalue weighted by Crippen LogP contribution is -1.92. The smallest absolute Gasteiger partial charge is 0.303 e. The van der Waals surface area contributed by atoms with Crippen LogP contribution in [0.25, 0.3) is 0 Å². The third-order valence-corrected chi connectivity index (χ3v) is 1.80. The van der Waals surface area contributed by atoms with E-state index in [4.69, 9.17) is 5.11 Å². The quantitative estimate of drug-likeness (QED) is 0.353. The summed E-state index contributed by atoms with van der Waals surface area (Å²) < 4.78 is 0.543. The molecule has 0 aliphatic carbocycles. The second-order valence-electron chi connectivity index (χ2n) is 2.78. The molecule has 0 aromatic carbocycles. The molecule has 2 nitrogen and oxygen atoms in total. The third-order valence-electron chi connectivity index (χ3n) is 1.38. The van der Waals surface area contributed by atoms with Crippen LogP contribution in [0.1, 0.15) is 26.2 Å². The molecule has 0 amide bonds. The van der Waals surface area contributed by atoms with Gasteiger partial charge < -0.3 is 5.11 Å². The van der Waals surface area contributed by atoms with Crippen molar-refractivity contribution in [3.63, 3.8) is 0 Å². The van der Waals surface area contributed by atoms with Crippen LogP contribution in [0.3, 0.4) is 0 Å². The highest BCUT2D eigenvalue weighted by Gasteiger charge is 1.92. The molecule has 0 aromatic heterocycles. The molecule has 0 aliphatic heterocycles. The number of alkyl halides is 1. The molecule has 0 heterocycles. The second kappa shape index (κ2) is 8.29. The van der Waals surface area contributed by atoms with Crippen molar-refractivity contribution < 1.29 is 9.90 Å². The molecule has 0 radical (unpaired) electrons. The highest BCUT2D eigenvalue weighted by Crippen LogP contribution is 2.00. The van der Waals surface area contributed by atoms with Gasteiger partial charge in [-0.1, -0.05) is 46.9 Å². The van der Waals surface area contributed by atoms with Crippen LogP contribution in [0.5, 0.6) is 0 Å². The minimum Gasteiger partial charge on any atom is -0.481 e. The minimum absolute atomic E-state index is 0.261. The summed E-state index contributed by atoms with van der Waals surface area (Å²) in [4.78, 5) is 10.1. The van der Waals surface area contributed by atoms with E-state index in [1.54, 1.807) is 0 Å². The van der Waals surface area contributed by atoms with Gasteiger partial charge in [-0.25, -0.2) is 0 Å². The molecule has 74 valence electrons. The largest absolute Gasteiger partial charge is 0.481 e. The summed E-state index contributed by atoms with van der Waals surface area (Å²) in [5.74, 6) is -0.718. The van der Waals surface area contributed by atoms with E-state index in [1.807, 2.05) is 18.2 Å². The summed E-state index contributed by atoms with van der Waals surface area (Å²) in [6.45, 7) is 2.11. The van der Waals surface area contributed by atoms with Gasteiger partial charge in [0.2, 0.25) is 0 Å². The van der Waals surface area contributed by atoms with Gasteiger partial charge in [-0.2, -0.15) is 0 Å². The van der Waals surface area contributed by atoms with Gasteiger partial charge in [-0.15, -0.1) is 0 Å². The van der Waals surface area contributed by atoms with Gasteiger partial charge in [0.25, 0.3) is 0 Å². The maximum atomic E-state index is 10.1. The van der Waals surface area contributed by atoms with Crippen molar-refractivity contribution in [3.05, 3.63) is 24.3 Å². The zero-order valence-electron chi connectivity index (χ0n) is 7.74. The molecule has 0 rings (SSSR count). The topological polar surface area (TPSA) is 37.3 Å². The lowest BCUT2D eigenvalue weighted by molar-refractivity contribution is -0.137. The molecule has 0 saturated carbocycles. The van der Waals surface area contributed by atoms with E-state index in [2.05, 4.69) is 35.6 Å². The molecule has 0 bridgehead atoms. The number of rotatable bonds is 6. The van der Waals surface area contributed by atoms with Gasteiger partial charge in [0.05, 0.1) is 0 Å². The van der Waals surface area contributed by atoms with Crippen molar-refractivity contribution in [1.29, 1.82) is 0 Å². The first-order valence-corrected chi connectivity index (χ1v) is 5.56. The Hall–Kier alpha value is -0.320. The summed E-state index contributed by atoms with van der Waals surface area (Å²) in [5, 5.41) is 8.35. The average molecular weight is 294 g/mol. The number of hydrogen-bond acceptors (Lipinski definition) is 1. The predicted molar refractivity (Wildman–Crippen MR) is 63.2 cm³/mol. The Kier molecular flexibility index (Phi) is 8.08. The second-order valence-corrected chi connectivity index (χ2v) is 4.74. The monoisotopic (exact) mass is 294 g/mol. The highest BCUT2D eigenvalue weighted by atomic mass is 127. The summed E-state index contributed by atoms with van der Waals surface area (Å²) in [6.07, 6.45) is 9.88. The number of allylic oxidation sites excluding steroid dienone is 4. The Morgan fingerprint density at radius 2 is 2.23 bits per heavy atom. The van der Waals surface area contributed by atoms with Gasteiger partial charge in [-0.3, -0.25) is 4.79 Å². The first-order valence-electron chi connectivity index (χ1n) is 4.32. The molecule has 0 saturated heterocycles. The van der Waals surface area contributed by atoms with Gasteiger partial charge in [0.15, 0.2) is 0 Å². The SMILES string of the molecule is CC(I)/C=C/C=C/CCCC(=O)O. The van der Waals surface area contributed by atoms with Crippen LogP contribution in [0.15, 0.2) is 24.3 Å². The first kappa shape index (κ1) is 12.7. The Morgan fingerprint density at radius 3 is 2.77 bits per heavy atom. The van der Waals surface area contributed by atoms with E-state index in [1.165, 1.54) is 0 Å². The Labute approximate surface area is 92.9 Å². The van der Waals surface area contributed by atoms with Crippen LogP contribution < -0.4 is 0 Å². The van der Waals surface area contributed by atoms with Gasteiger partial charge >= 0.3 is 5.97 Å². The van der Waals surface area contributed by atoms with Crippen molar-refractivity contribution in [1.82, 2.24) is 0 Å². The fraction of sp³-hybridized carbons (Fsp3) is 0.500. The average Bonchev–Trinajstić information content (AvgIpc) is 2.01. The third kappa shape index (κ3) is 11.7. The van der Waals surface area contributed by atoms with Crippen LogP contribution >= 0.6 is 22.6 Å². The summed E-state index contributed by atoms with van der Waals surface area (Å²) >= 11 is 2.32. The van der Waals surface area contributed by atoms with Crippen molar-refractivity contribution >= 4 is 28.6 Å². The van der Waals surface area contributed by atoms with Crippen LogP contribution in [-0.4, -0.2) is 15.0 Å². The number of carboxylic acid groups (broad SMARTS) is 1. The number of unbranched alkanes of at least 4 members (excludes halogenated alkanes) is 1. The molecule has 0 aliphatic rings. The molecule has 0 spiro atoms. The molecule has 1 unspecified atom stereocenters. The normalized spacial score (nSPS) is 14.0. The van der Waals surface area contributed by atoms with E-state index in [9.17, 15) is 4.79 Å². The number of aliphatic carboxylic acids is 1. The van der Waals surface area contributed by atoms with Crippen molar-refractivity contribution in [2.75, 3.05) is 0 Å². The van der Waals surface area contributed by atoms with Crippen LogP contribution in [-0.2, 0) is 4.79 Å². The number of carbonyl (C=O) groups is 1. The maximum absolute atomic E-state index is 10.1. The highest BCUT2D eigenvalue weighted by molar-refractivity contribution is 14.1. The Balaban J connectivity index is 3.37. The van der Waals surface area contributed by atoms with Gasteiger partial charge in [0.1, 0.15) is 0 Å². The predicted octanol–water partition coefficient (Wildman–Crippen LogP) is 3.18. The van der Waals surface area contributed by atoms with E-state index in [0.717, 1.165) is 12.8 Å².